The highest BCUT2D eigenvalue weighted by Crippen LogP contribution is 2.54. The Morgan fingerprint density at radius 1 is 0.210 bits per heavy atom. The summed E-state index contributed by atoms with van der Waals surface area (Å²) in [6, 6.07) is 146. The quantitative estimate of drug-likeness (QED) is 0.108. The molecule has 0 fully saturated rings. The van der Waals surface area contributed by atoms with Crippen LogP contribution in [0.5, 0.6) is 0 Å². The summed E-state index contributed by atoms with van der Waals surface area (Å²) in [6.07, 6.45) is 0. The standard InChI is InChI=1S/C59H44N2.C42H29NO/c1-59(2)55-39-49(60(57-25-13-21-45-19-9-11-23-51(45)57)47-31-27-43(28-32-47)41-15-5-3-6-16-41)35-37-53(55)54-38-36-50(40-56(54)59)61(58-26-14-22-46-20-10-12-24-52(46)58)48-33-29-44(30-34-48)42-17-7-4-8-18-42;1-3-10-30(11-4-1)32-18-24-35(25-19-32)43(36-26-20-33(21-27-36)31-12-5-2-6-13-31)37-28-22-34(23-29-37)38-15-9-16-40-39-14-7-8-17-41(39)44-42(38)40/h3-40H,1-2H3;1-29H. The molecule has 1 heterocycles. The van der Waals surface area contributed by atoms with E-state index in [-0.39, 0.29) is 5.41 Å². The lowest BCUT2D eigenvalue weighted by Gasteiger charge is -2.30. The Labute approximate surface area is 613 Å². The lowest BCUT2D eigenvalue weighted by atomic mass is 9.82. The van der Waals surface area contributed by atoms with Crippen LogP contribution in [0.4, 0.5) is 51.2 Å². The molecule has 105 heavy (non-hydrogen) atoms. The Bertz CT molecular complexity index is 5820. The van der Waals surface area contributed by atoms with Gasteiger partial charge in [-0.2, -0.15) is 0 Å². The molecule has 18 aromatic rings. The number of furan rings is 1. The Kier molecular flexibility index (Phi) is 16.6. The van der Waals surface area contributed by atoms with Crippen molar-refractivity contribution in [3.05, 3.63) is 418 Å². The van der Waals surface area contributed by atoms with Gasteiger partial charge < -0.3 is 19.1 Å². The third kappa shape index (κ3) is 12.1. The summed E-state index contributed by atoms with van der Waals surface area (Å²) in [5, 5.41) is 7.16. The van der Waals surface area contributed by atoms with Crippen LogP contribution >= 0.6 is 0 Å². The summed E-state index contributed by atoms with van der Waals surface area (Å²) in [6.45, 7) is 4.78. The van der Waals surface area contributed by atoms with E-state index in [4.69, 9.17) is 4.42 Å². The molecule has 4 nitrogen and oxygen atoms in total. The number of nitrogens with zero attached hydrogens (tertiary/aromatic N) is 3. The van der Waals surface area contributed by atoms with Crippen molar-refractivity contribution < 1.29 is 4.42 Å². The first-order valence-corrected chi connectivity index (χ1v) is 36.1. The second-order valence-corrected chi connectivity index (χ2v) is 27.6. The van der Waals surface area contributed by atoms with Gasteiger partial charge in [-0.15, -0.1) is 0 Å². The van der Waals surface area contributed by atoms with Gasteiger partial charge in [0.15, 0.2) is 0 Å². The maximum Gasteiger partial charge on any atom is 0.143 e. The van der Waals surface area contributed by atoms with Crippen LogP contribution < -0.4 is 14.7 Å². The van der Waals surface area contributed by atoms with Gasteiger partial charge in [0.05, 0.1) is 11.4 Å². The molecular formula is C101H73N3O. The zero-order valence-corrected chi connectivity index (χ0v) is 58.4. The van der Waals surface area contributed by atoms with Crippen LogP contribution in [-0.2, 0) is 5.41 Å². The van der Waals surface area contributed by atoms with Gasteiger partial charge in [0.1, 0.15) is 11.2 Å². The lowest BCUT2D eigenvalue weighted by molar-refractivity contribution is 0.660. The summed E-state index contributed by atoms with van der Waals surface area (Å²) in [5.74, 6) is 0. The van der Waals surface area contributed by atoms with Crippen molar-refractivity contribution >= 4 is 94.7 Å². The monoisotopic (exact) mass is 1340 g/mol. The van der Waals surface area contributed by atoms with Crippen LogP contribution in [0.1, 0.15) is 25.0 Å². The Morgan fingerprint density at radius 2 is 0.505 bits per heavy atom. The maximum absolute atomic E-state index is 6.34. The van der Waals surface area contributed by atoms with Gasteiger partial charge >= 0.3 is 0 Å². The summed E-state index contributed by atoms with van der Waals surface area (Å²) < 4.78 is 6.34. The molecule has 0 spiro atoms. The first kappa shape index (κ1) is 63.6. The van der Waals surface area contributed by atoms with Gasteiger partial charge in [0.2, 0.25) is 0 Å². The summed E-state index contributed by atoms with van der Waals surface area (Å²) >= 11 is 0. The third-order valence-electron chi connectivity index (χ3n) is 20.9. The molecule has 0 radical (unpaired) electrons. The number of rotatable bonds is 14. The molecule has 19 rings (SSSR count). The third-order valence-corrected chi connectivity index (χ3v) is 20.9. The normalized spacial score (nSPS) is 12.0. The highest BCUT2D eigenvalue weighted by molar-refractivity contribution is 6.10. The minimum atomic E-state index is -0.264. The van der Waals surface area contributed by atoms with Crippen molar-refractivity contribution in [1.29, 1.82) is 0 Å². The maximum atomic E-state index is 6.34. The molecule has 1 aliphatic carbocycles. The first-order chi connectivity index (χ1) is 51.8. The fourth-order valence-corrected chi connectivity index (χ4v) is 15.6. The van der Waals surface area contributed by atoms with Crippen LogP contribution in [0, 0.1) is 0 Å². The van der Waals surface area contributed by atoms with Crippen LogP contribution in [0.15, 0.2) is 411 Å². The minimum Gasteiger partial charge on any atom is -0.455 e. The number of anilines is 9. The van der Waals surface area contributed by atoms with E-state index in [9.17, 15) is 0 Å². The van der Waals surface area contributed by atoms with Crippen molar-refractivity contribution in [1.82, 2.24) is 0 Å². The van der Waals surface area contributed by atoms with Gasteiger partial charge in [-0.25, -0.2) is 0 Å². The molecule has 0 unspecified atom stereocenters. The first-order valence-electron chi connectivity index (χ1n) is 36.1. The number of benzene rings is 17. The Morgan fingerprint density at radius 3 is 0.905 bits per heavy atom. The van der Waals surface area contributed by atoms with Crippen molar-refractivity contribution in [2.75, 3.05) is 14.7 Å². The molecule has 0 bridgehead atoms. The van der Waals surface area contributed by atoms with E-state index in [1.807, 2.05) is 12.1 Å². The average molecular weight is 1340 g/mol. The molecule has 1 aromatic heterocycles. The number of hydrogen-bond donors (Lipinski definition) is 0. The van der Waals surface area contributed by atoms with E-state index in [0.29, 0.717) is 0 Å². The van der Waals surface area contributed by atoms with Crippen molar-refractivity contribution in [2.24, 2.45) is 0 Å². The minimum absolute atomic E-state index is 0.264. The van der Waals surface area contributed by atoms with Gasteiger partial charge in [-0.3, -0.25) is 0 Å². The molecule has 17 aromatic carbocycles. The SMILES string of the molecule is CC1(C)c2cc(N(c3ccc(-c4ccccc4)cc3)c3cccc4ccccc34)ccc2-c2ccc(N(c3ccc(-c4ccccc4)cc3)c3cccc4ccccc34)cc21.c1ccc(-c2ccc(N(c3ccc(-c4ccccc4)cc3)c3ccc(-c4cccc5c4oc4ccccc45)cc3)cc2)cc1. The molecule has 1 aliphatic rings. The Balaban J connectivity index is 0.000000157. The summed E-state index contributed by atoms with van der Waals surface area (Å²) in [7, 11) is 0. The zero-order valence-electron chi connectivity index (χ0n) is 58.4. The number of hydrogen-bond acceptors (Lipinski definition) is 4. The lowest BCUT2D eigenvalue weighted by Crippen LogP contribution is -2.18. The van der Waals surface area contributed by atoms with Gasteiger partial charge in [0, 0.05) is 72.3 Å². The average Bonchev–Trinajstić information content (AvgIpc) is 1.59. The zero-order chi connectivity index (χ0) is 70.2. The van der Waals surface area contributed by atoms with Crippen LogP contribution in [0.2, 0.25) is 0 Å². The van der Waals surface area contributed by atoms with E-state index >= 15 is 0 Å². The second kappa shape index (κ2) is 27.4. The van der Waals surface area contributed by atoms with E-state index < -0.39 is 0 Å². The van der Waals surface area contributed by atoms with E-state index in [1.165, 1.54) is 88.3 Å². The van der Waals surface area contributed by atoms with E-state index in [2.05, 4.69) is 423 Å². The van der Waals surface area contributed by atoms with Gasteiger partial charge in [0.25, 0.3) is 0 Å². The van der Waals surface area contributed by atoms with Crippen LogP contribution in [0.25, 0.3) is 110 Å². The van der Waals surface area contributed by atoms with E-state index in [0.717, 1.165) is 84.3 Å². The van der Waals surface area contributed by atoms with Crippen molar-refractivity contribution in [3.8, 4) is 66.8 Å². The molecule has 0 saturated carbocycles. The highest BCUT2D eigenvalue weighted by atomic mass is 16.3. The molecule has 0 atom stereocenters. The molecular weight excluding hydrogens is 1270 g/mol. The molecule has 0 N–H and O–H groups in total. The summed E-state index contributed by atoms with van der Waals surface area (Å²) in [4.78, 5) is 7.18. The number of para-hydroxylation sites is 2. The smallest absolute Gasteiger partial charge is 0.143 e. The highest BCUT2D eigenvalue weighted by Gasteiger charge is 2.37. The van der Waals surface area contributed by atoms with E-state index in [1.54, 1.807) is 0 Å². The van der Waals surface area contributed by atoms with Crippen molar-refractivity contribution in [2.45, 2.75) is 19.3 Å². The second-order valence-electron chi connectivity index (χ2n) is 27.6. The van der Waals surface area contributed by atoms with Crippen LogP contribution in [0.3, 0.4) is 0 Å². The predicted octanol–water partition coefficient (Wildman–Crippen LogP) is 28.6. The number of fused-ring (bicyclic) bond motifs is 8. The molecule has 498 valence electrons. The summed E-state index contributed by atoms with van der Waals surface area (Å²) in [5.41, 5.74) is 28.8. The fraction of sp³-hybridized carbons (Fsp3) is 0.0297. The predicted molar refractivity (Wildman–Crippen MR) is 444 cm³/mol. The molecule has 4 heteroatoms. The Hall–Kier alpha value is -13.5. The van der Waals surface area contributed by atoms with Crippen LogP contribution in [-0.4, -0.2) is 0 Å². The van der Waals surface area contributed by atoms with Gasteiger partial charge in [-0.1, -0.05) is 317 Å². The largest absolute Gasteiger partial charge is 0.455 e. The molecule has 0 saturated heterocycles. The topological polar surface area (TPSA) is 22.9 Å². The fourth-order valence-electron chi connectivity index (χ4n) is 15.6. The molecule has 0 amide bonds. The van der Waals surface area contributed by atoms with Gasteiger partial charge in [-0.05, 0) is 186 Å². The molecule has 0 aliphatic heterocycles. The van der Waals surface area contributed by atoms with Crippen molar-refractivity contribution in [3.63, 3.8) is 0 Å².